The van der Waals surface area contributed by atoms with Crippen molar-refractivity contribution in [2.45, 2.75) is 0 Å². The summed E-state index contributed by atoms with van der Waals surface area (Å²) >= 11 is 0. The number of rotatable bonds is 0. The summed E-state index contributed by atoms with van der Waals surface area (Å²) < 4.78 is 9.79. The van der Waals surface area contributed by atoms with Crippen LogP contribution >= 0.6 is 9.03 Å². The van der Waals surface area contributed by atoms with E-state index in [4.69, 9.17) is 9.05 Å². The second kappa shape index (κ2) is 3.65. The Balaban J connectivity index is 2.33. The Morgan fingerprint density at radius 2 is 2.38 bits per heavy atom. The van der Waals surface area contributed by atoms with Crippen LogP contribution in [0.25, 0.3) is 0 Å². The third-order valence-electron chi connectivity index (χ3n) is 0.680. The van der Waals surface area contributed by atoms with E-state index in [9.17, 15) is 0 Å². The highest BCUT2D eigenvalue weighted by Gasteiger charge is 1.82. The van der Waals surface area contributed by atoms with Gasteiger partial charge in [-0.05, 0) is 6.08 Å². The largest absolute Gasteiger partial charge is 0.457 e. The zero-order valence-electron chi connectivity index (χ0n) is 4.33. The molecule has 0 aromatic rings. The van der Waals surface area contributed by atoms with Gasteiger partial charge in [0.25, 0.3) is 0 Å². The predicted octanol–water partition coefficient (Wildman–Crippen LogP) is 1.61. The number of hydrogen-bond donors (Lipinski definition) is 0. The molecule has 1 aliphatic heterocycles. The smallest absolute Gasteiger partial charge is 0.214 e. The molecule has 0 amide bonds. The Morgan fingerprint density at radius 3 is 3.38 bits per heavy atom. The van der Waals surface area contributed by atoms with Crippen molar-refractivity contribution in [3.63, 3.8) is 0 Å². The van der Waals surface area contributed by atoms with Gasteiger partial charge in [-0.3, -0.25) is 0 Å². The van der Waals surface area contributed by atoms with Crippen LogP contribution in [-0.2, 0) is 9.05 Å². The lowest BCUT2D eigenvalue weighted by molar-refractivity contribution is 0.352. The molecular weight excluding hydrogens is 123 g/mol. The lowest BCUT2D eigenvalue weighted by atomic mass is 10.5. The Hall–Kier alpha value is -0.330. The van der Waals surface area contributed by atoms with Crippen LogP contribution in [-0.4, -0.2) is 6.61 Å². The van der Waals surface area contributed by atoms with Crippen LogP contribution in [0.2, 0.25) is 0 Å². The van der Waals surface area contributed by atoms with Crippen LogP contribution in [0.1, 0.15) is 0 Å². The molecule has 0 spiro atoms. The molecule has 3 heteroatoms. The summed E-state index contributed by atoms with van der Waals surface area (Å²) in [6, 6.07) is 0. The van der Waals surface area contributed by atoms with Crippen LogP contribution in [0.4, 0.5) is 0 Å². The van der Waals surface area contributed by atoms with E-state index in [2.05, 4.69) is 0 Å². The zero-order chi connectivity index (χ0) is 5.66. The lowest BCUT2D eigenvalue weighted by Gasteiger charge is -1.99. The minimum Gasteiger partial charge on any atom is -0.457 e. The first kappa shape index (κ1) is 5.80. The Kier molecular flexibility index (Phi) is 2.64. The molecule has 1 aliphatic rings. The SMILES string of the molecule is C1=C\COPO\C=C/1. The summed E-state index contributed by atoms with van der Waals surface area (Å²) in [5, 5.41) is 0. The van der Waals surface area contributed by atoms with Gasteiger partial charge in [0.1, 0.15) is 0 Å². The van der Waals surface area contributed by atoms with E-state index in [0.29, 0.717) is 6.61 Å². The molecular formula is C5H7O2P. The van der Waals surface area contributed by atoms with Crippen molar-refractivity contribution in [2.75, 3.05) is 6.61 Å². The van der Waals surface area contributed by atoms with E-state index in [1.807, 2.05) is 18.2 Å². The monoisotopic (exact) mass is 130 g/mol. The molecule has 44 valence electrons. The molecule has 0 saturated carbocycles. The highest BCUT2D eigenvalue weighted by atomic mass is 31.1. The normalized spacial score (nSPS) is 30.0. The van der Waals surface area contributed by atoms with Crippen molar-refractivity contribution >= 4 is 9.03 Å². The maximum atomic E-state index is 4.94. The van der Waals surface area contributed by atoms with Crippen LogP contribution in [0.15, 0.2) is 24.5 Å². The molecule has 0 N–H and O–H groups in total. The third kappa shape index (κ3) is 2.10. The van der Waals surface area contributed by atoms with Gasteiger partial charge < -0.3 is 9.05 Å². The van der Waals surface area contributed by atoms with Gasteiger partial charge in [0.15, 0.2) is 0 Å². The minimum absolute atomic E-state index is 0.152. The van der Waals surface area contributed by atoms with Gasteiger partial charge in [-0.2, -0.15) is 0 Å². The fourth-order valence-electron chi connectivity index (χ4n) is 0.363. The first-order valence-corrected chi connectivity index (χ1v) is 3.16. The second-order valence-corrected chi connectivity index (χ2v) is 1.96. The van der Waals surface area contributed by atoms with Crippen molar-refractivity contribution in [1.29, 1.82) is 0 Å². The Morgan fingerprint density at radius 1 is 1.38 bits per heavy atom. The molecule has 1 heterocycles. The maximum Gasteiger partial charge on any atom is 0.214 e. The van der Waals surface area contributed by atoms with Gasteiger partial charge in [-0.1, -0.05) is 12.2 Å². The van der Waals surface area contributed by atoms with Gasteiger partial charge >= 0.3 is 0 Å². The maximum absolute atomic E-state index is 4.94. The van der Waals surface area contributed by atoms with Crippen molar-refractivity contribution in [3.05, 3.63) is 24.5 Å². The average molecular weight is 130 g/mol. The molecule has 0 saturated heterocycles. The lowest BCUT2D eigenvalue weighted by Crippen LogP contribution is -1.79. The third-order valence-corrected chi connectivity index (χ3v) is 1.20. The first-order valence-electron chi connectivity index (χ1n) is 2.34. The molecule has 0 aromatic carbocycles. The highest BCUT2D eigenvalue weighted by Crippen LogP contribution is 2.14. The van der Waals surface area contributed by atoms with Gasteiger partial charge in [-0.25, -0.2) is 0 Å². The van der Waals surface area contributed by atoms with E-state index in [0.717, 1.165) is 0 Å². The second-order valence-electron chi connectivity index (χ2n) is 1.27. The zero-order valence-corrected chi connectivity index (χ0v) is 5.33. The van der Waals surface area contributed by atoms with E-state index >= 15 is 0 Å². The molecule has 1 atom stereocenters. The Labute approximate surface area is 50.1 Å². The van der Waals surface area contributed by atoms with Crippen molar-refractivity contribution in [1.82, 2.24) is 0 Å². The summed E-state index contributed by atoms with van der Waals surface area (Å²) in [6.45, 7) is 0.656. The summed E-state index contributed by atoms with van der Waals surface area (Å²) in [7, 11) is 0.152. The van der Waals surface area contributed by atoms with Crippen molar-refractivity contribution in [2.24, 2.45) is 0 Å². The molecule has 1 unspecified atom stereocenters. The highest BCUT2D eigenvalue weighted by molar-refractivity contribution is 7.26. The molecule has 0 aliphatic carbocycles. The van der Waals surface area contributed by atoms with Crippen LogP contribution in [0, 0.1) is 0 Å². The summed E-state index contributed by atoms with van der Waals surface area (Å²) in [6.07, 6.45) is 7.29. The predicted molar refractivity (Wildman–Crippen MR) is 33.6 cm³/mol. The quantitative estimate of drug-likeness (QED) is 0.464. The topological polar surface area (TPSA) is 18.5 Å². The molecule has 0 radical (unpaired) electrons. The van der Waals surface area contributed by atoms with Crippen molar-refractivity contribution in [3.8, 4) is 0 Å². The van der Waals surface area contributed by atoms with E-state index in [1.54, 1.807) is 6.26 Å². The molecule has 0 bridgehead atoms. The van der Waals surface area contributed by atoms with Crippen LogP contribution in [0.3, 0.4) is 0 Å². The molecule has 1 rings (SSSR count). The van der Waals surface area contributed by atoms with Gasteiger partial charge in [0.2, 0.25) is 9.03 Å². The van der Waals surface area contributed by atoms with Crippen molar-refractivity contribution < 1.29 is 9.05 Å². The van der Waals surface area contributed by atoms with Crippen LogP contribution < -0.4 is 0 Å². The first-order chi connectivity index (χ1) is 4.00. The number of hydrogen-bond acceptors (Lipinski definition) is 2. The van der Waals surface area contributed by atoms with E-state index in [-0.39, 0.29) is 9.03 Å². The summed E-state index contributed by atoms with van der Waals surface area (Å²) in [4.78, 5) is 0. The van der Waals surface area contributed by atoms with E-state index in [1.165, 1.54) is 0 Å². The standard InChI is InChI=1S/C5H7O2P/c1-2-4-6-8-7-5-3-1/h1-4,8H,5H2/b3-1-,4-2-. The summed E-state index contributed by atoms with van der Waals surface area (Å²) in [5.41, 5.74) is 0. The fourth-order valence-corrected chi connectivity index (χ4v) is 0.729. The number of allylic oxidation sites excluding steroid dienone is 2. The molecule has 2 nitrogen and oxygen atoms in total. The average Bonchev–Trinajstić information content (AvgIpc) is 1.62. The van der Waals surface area contributed by atoms with Gasteiger partial charge in [0, 0.05) is 0 Å². The minimum atomic E-state index is 0.152. The molecule has 0 fully saturated rings. The van der Waals surface area contributed by atoms with Crippen LogP contribution in [0.5, 0.6) is 0 Å². The fraction of sp³-hybridized carbons (Fsp3) is 0.200. The summed E-state index contributed by atoms with van der Waals surface area (Å²) in [5.74, 6) is 0. The van der Waals surface area contributed by atoms with Gasteiger partial charge in [0.05, 0.1) is 12.9 Å². The Bertz CT molecular complexity index is 95.0. The molecule has 8 heavy (non-hydrogen) atoms. The van der Waals surface area contributed by atoms with Gasteiger partial charge in [-0.15, -0.1) is 0 Å². The van der Waals surface area contributed by atoms with E-state index < -0.39 is 0 Å². The molecule has 0 aromatic heterocycles.